The van der Waals surface area contributed by atoms with Crippen LogP contribution in [0.2, 0.25) is 5.02 Å². The first-order valence-corrected chi connectivity index (χ1v) is 8.37. The van der Waals surface area contributed by atoms with Gasteiger partial charge in [-0.1, -0.05) is 17.7 Å². The van der Waals surface area contributed by atoms with Crippen molar-refractivity contribution in [1.82, 2.24) is 9.88 Å². The van der Waals surface area contributed by atoms with Crippen molar-refractivity contribution in [2.24, 2.45) is 0 Å². The zero-order chi connectivity index (χ0) is 17.8. The zero-order valence-corrected chi connectivity index (χ0v) is 14.5. The van der Waals surface area contributed by atoms with Crippen LogP contribution in [0.25, 0.3) is 0 Å². The number of carbonyl (C=O) groups excluding carboxylic acids is 2. The molecule has 0 spiro atoms. The minimum absolute atomic E-state index is 0.146. The fourth-order valence-corrected chi connectivity index (χ4v) is 2.90. The Hall–Kier alpha value is -2.60. The van der Waals surface area contributed by atoms with Crippen LogP contribution in [0.3, 0.4) is 0 Å². The molecule has 0 radical (unpaired) electrons. The SMILES string of the molecule is COc1ccc(Cl)cc1NC(=O)c1cccc(C(=O)N2CCCC2)n1. The van der Waals surface area contributed by atoms with Crippen molar-refractivity contribution >= 4 is 29.1 Å². The topological polar surface area (TPSA) is 71.5 Å². The summed E-state index contributed by atoms with van der Waals surface area (Å²) in [7, 11) is 1.51. The van der Waals surface area contributed by atoms with Crippen molar-refractivity contribution < 1.29 is 14.3 Å². The predicted molar refractivity (Wildman–Crippen MR) is 95.3 cm³/mol. The standard InChI is InChI=1S/C18H18ClN3O3/c1-25-16-8-7-12(19)11-15(16)21-17(23)13-5-4-6-14(20-13)18(24)22-9-2-3-10-22/h4-8,11H,2-3,9-10H2,1H3,(H,21,23). The van der Waals surface area contributed by atoms with Crippen molar-refractivity contribution in [3.63, 3.8) is 0 Å². The molecule has 1 saturated heterocycles. The maximum Gasteiger partial charge on any atom is 0.274 e. The number of methoxy groups -OCH3 is 1. The highest BCUT2D eigenvalue weighted by molar-refractivity contribution is 6.31. The summed E-state index contributed by atoms with van der Waals surface area (Å²) in [5.41, 5.74) is 0.873. The first-order valence-electron chi connectivity index (χ1n) is 7.99. The van der Waals surface area contributed by atoms with Gasteiger partial charge in [0.2, 0.25) is 0 Å². The average molecular weight is 360 g/mol. The summed E-state index contributed by atoms with van der Waals surface area (Å²) in [6.07, 6.45) is 2.00. The van der Waals surface area contributed by atoms with Gasteiger partial charge < -0.3 is 15.0 Å². The largest absolute Gasteiger partial charge is 0.495 e. The number of nitrogens with zero attached hydrogens (tertiary/aromatic N) is 2. The van der Waals surface area contributed by atoms with Crippen LogP contribution in [-0.2, 0) is 0 Å². The van der Waals surface area contributed by atoms with Gasteiger partial charge in [0.15, 0.2) is 0 Å². The van der Waals surface area contributed by atoms with E-state index in [1.165, 1.54) is 7.11 Å². The number of nitrogens with one attached hydrogen (secondary N) is 1. The molecule has 1 aliphatic heterocycles. The van der Waals surface area contributed by atoms with Gasteiger partial charge in [0.25, 0.3) is 11.8 Å². The third-order valence-electron chi connectivity index (χ3n) is 4.00. The molecule has 7 heteroatoms. The maximum atomic E-state index is 12.5. The van der Waals surface area contributed by atoms with Crippen molar-refractivity contribution in [1.29, 1.82) is 0 Å². The Labute approximate surface area is 150 Å². The van der Waals surface area contributed by atoms with Crippen LogP contribution in [0, 0.1) is 0 Å². The van der Waals surface area contributed by atoms with E-state index < -0.39 is 5.91 Å². The smallest absolute Gasteiger partial charge is 0.274 e. The van der Waals surface area contributed by atoms with E-state index in [1.807, 2.05) is 0 Å². The number of hydrogen-bond acceptors (Lipinski definition) is 4. The highest BCUT2D eigenvalue weighted by atomic mass is 35.5. The van der Waals surface area contributed by atoms with Gasteiger partial charge in [0.05, 0.1) is 12.8 Å². The van der Waals surface area contributed by atoms with Gasteiger partial charge in [0.1, 0.15) is 17.1 Å². The quantitative estimate of drug-likeness (QED) is 0.909. The third-order valence-corrected chi connectivity index (χ3v) is 4.24. The summed E-state index contributed by atoms with van der Waals surface area (Å²) in [5, 5.41) is 3.19. The Bertz CT molecular complexity index is 804. The lowest BCUT2D eigenvalue weighted by molar-refractivity contribution is 0.0787. The molecule has 1 aromatic carbocycles. The van der Waals surface area contributed by atoms with Gasteiger partial charge in [-0.05, 0) is 43.2 Å². The number of halogens is 1. The van der Waals surface area contributed by atoms with Gasteiger partial charge in [-0.25, -0.2) is 4.98 Å². The normalized spacial score (nSPS) is 13.6. The Morgan fingerprint density at radius 3 is 2.60 bits per heavy atom. The number of carbonyl (C=O) groups is 2. The van der Waals surface area contributed by atoms with E-state index in [1.54, 1.807) is 41.3 Å². The van der Waals surface area contributed by atoms with Crippen LogP contribution in [0.15, 0.2) is 36.4 Å². The molecule has 0 bridgehead atoms. The van der Waals surface area contributed by atoms with Crippen molar-refractivity contribution in [2.45, 2.75) is 12.8 Å². The highest BCUT2D eigenvalue weighted by Crippen LogP contribution is 2.28. The van der Waals surface area contributed by atoms with E-state index in [0.29, 0.717) is 16.5 Å². The van der Waals surface area contributed by atoms with Gasteiger partial charge in [-0.2, -0.15) is 0 Å². The molecule has 0 saturated carbocycles. The van der Waals surface area contributed by atoms with Gasteiger partial charge in [-0.3, -0.25) is 9.59 Å². The molecule has 2 amide bonds. The summed E-state index contributed by atoms with van der Waals surface area (Å²) in [4.78, 5) is 30.9. The second-order valence-corrected chi connectivity index (χ2v) is 6.14. The van der Waals surface area contributed by atoms with Crippen LogP contribution in [-0.4, -0.2) is 41.9 Å². The number of aromatic nitrogens is 1. The zero-order valence-electron chi connectivity index (χ0n) is 13.8. The molecular formula is C18H18ClN3O3. The van der Waals surface area contributed by atoms with Crippen LogP contribution < -0.4 is 10.1 Å². The van der Waals surface area contributed by atoms with Gasteiger partial charge in [0, 0.05) is 18.1 Å². The predicted octanol–water partition coefficient (Wildman–Crippen LogP) is 3.23. The fraction of sp³-hybridized carbons (Fsp3) is 0.278. The number of hydrogen-bond donors (Lipinski definition) is 1. The molecule has 1 aromatic heterocycles. The van der Waals surface area contributed by atoms with E-state index in [-0.39, 0.29) is 17.3 Å². The number of rotatable bonds is 4. The molecule has 1 N–H and O–H groups in total. The Morgan fingerprint density at radius 2 is 1.88 bits per heavy atom. The minimum atomic E-state index is -0.434. The van der Waals surface area contributed by atoms with Crippen LogP contribution in [0.5, 0.6) is 5.75 Å². The average Bonchev–Trinajstić information content (AvgIpc) is 3.16. The van der Waals surface area contributed by atoms with E-state index >= 15 is 0 Å². The molecule has 0 atom stereocenters. The summed E-state index contributed by atoms with van der Waals surface area (Å²) >= 11 is 5.97. The summed E-state index contributed by atoms with van der Waals surface area (Å²) in [5.74, 6) is -0.0915. The molecule has 3 rings (SSSR count). The lowest BCUT2D eigenvalue weighted by Crippen LogP contribution is -2.29. The molecule has 6 nitrogen and oxygen atoms in total. The van der Waals surface area contributed by atoms with E-state index in [4.69, 9.17) is 16.3 Å². The van der Waals surface area contributed by atoms with Crippen molar-refractivity contribution in [3.8, 4) is 5.75 Å². The molecule has 130 valence electrons. The van der Waals surface area contributed by atoms with Crippen LogP contribution >= 0.6 is 11.6 Å². The number of anilines is 1. The molecule has 2 heterocycles. The van der Waals surface area contributed by atoms with Gasteiger partial charge >= 0.3 is 0 Å². The Kier molecular flexibility index (Phi) is 5.19. The first-order chi connectivity index (χ1) is 12.1. The molecule has 25 heavy (non-hydrogen) atoms. The molecular weight excluding hydrogens is 342 g/mol. The minimum Gasteiger partial charge on any atom is -0.495 e. The number of ether oxygens (including phenoxy) is 1. The second-order valence-electron chi connectivity index (χ2n) is 5.71. The fourth-order valence-electron chi connectivity index (χ4n) is 2.73. The second kappa shape index (κ2) is 7.53. The summed E-state index contributed by atoms with van der Waals surface area (Å²) < 4.78 is 5.21. The third kappa shape index (κ3) is 3.91. The van der Waals surface area contributed by atoms with Crippen molar-refractivity contribution in [3.05, 3.63) is 52.8 Å². The lowest BCUT2D eigenvalue weighted by Gasteiger charge is -2.15. The molecule has 1 fully saturated rings. The van der Waals surface area contributed by atoms with Crippen LogP contribution in [0.1, 0.15) is 33.8 Å². The highest BCUT2D eigenvalue weighted by Gasteiger charge is 2.21. The number of amides is 2. The number of benzene rings is 1. The lowest BCUT2D eigenvalue weighted by atomic mass is 10.2. The summed E-state index contributed by atoms with van der Waals surface area (Å²) in [6, 6.07) is 9.77. The van der Waals surface area contributed by atoms with E-state index in [0.717, 1.165) is 25.9 Å². The Balaban J connectivity index is 1.80. The molecule has 1 aliphatic rings. The Morgan fingerprint density at radius 1 is 1.16 bits per heavy atom. The molecule has 0 aliphatic carbocycles. The van der Waals surface area contributed by atoms with Gasteiger partial charge in [-0.15, -0.1) is 0 Å². The number of pyridine rings is 1. The summed E-state index contributed by atoms with van der Waals surface area (Å²) in [6.45, 7) is 1.47. The van der Waals surface area contributed by atoms with E-state index in [9.17, 15) is 9.59 Å². The van der Waals surface area contributed by atoms with Crippen LogP contribution in [0.4, 0.5) is 5.69 Å². The van der Waals surface area contributed by atoms with Crippen molar-refractivity contribution in [2.75, 3.05) is 25.5 Å². The monoisotopic (exact) mass is 359 g/mol. The maximum absolute atomic E-state index is 12.5. The number of likely N-dealkylation sites (tertiary alicyclic amines) is 1. The molecule has 2 aromatic rings. The first kappa shape index (κ1) is 17.2. The molecule has 0 unspecified atom stereocenters. The van der Waals surface area contributed by atoms with E-state index in [2.05, 4.69) is 10.3 Å².